The fraction of sp³-hybridized carbons (Fsp3) is 0.478. The summed E-state index contributed by atoms with van der Waals surface area (Å²) in [6.07, 6.45) is 8.87. The van der Waals surface area contributed by atoms with Crippen molar-refractivity contribution in [1.29, 1.82) is 0 Å². The van der Waals surface area contributed by atoms with E-state index < -0.39 is 0 Å². The number of benzene rings is 1. The van der Waals surface area contributed by atoms with Gasteiger partial charge in [0.1, 0.15) is 23.7 Å². The maximum Gasteiger partial charge on any atom is 0.138 e. The molecule has 1 aliphatic carbocycles. The number of thiophene rings is 1. The van der Waals surface area contributed by atoms with Gasteiger partial charge >= 0.3 is 0 Å². The van der Waals surface area contributed by atoms with Gasteiger partial charge in [-0.2, -0.15) is 0 Å². The van der Waals surface area contributed by atoms with Gasteiger partial charge in [-0.15, -0.1) is 11.3 Å². The van der Waals surface area contributed by atoms with Gasteiger partial charge in [0.2, 0.25) is 0 Å². The van der Waals surface area contributed by atoms with Gasteiger partial charge in [-0.3, -0.25) is 4.90 Å². The molecular weight excluding hydrogens is 383 g/mol. The van der Waals surface area contributed by atoms with Crippen LogP contribution in [0, 0.1) is 0 Å². The van der Waals surface area contributed by atoms with Crippen molar-refractivity contribution in [3.05, 3.63) is 52.2 Å². The average Bonchev–Trinajstić information content (AvgIpc) is 3.15. The van der Waals surface area contributed by atoms with E-state index in [1.807, 2.05) is 23.5 Å². The zero-order valence-corrected chi connectivity index (χ0v) is 17.5. The lowest BCUT2D eigenvalue weighted by atomic mass is 9.96. The summed E-state index contributed by atoms with van der Waals surface area (Å²) >= 11 is 1.86. The van der Waals surface area contributed by atoms with Crippen LogP contribution in [0.5, 0.6) is 0 Å². The maximum absolute atomic E-state index is 12.7. The molecule has 1 fully saturated rings. The highest BCUT2D eigenvalue weighted by Crippen LogP contribution is 2.38. The molecule has 1 N–H and O–H groups in total. The summed E-state index contributed by atoms with van der Waals surface area (Å²) in [5.41, 5.74) is 3.51. The van der Waals surface area contributed by atoms with Crippen LogP contribution >= 0.6 is 11.3 Å². The third kappa shape index (κ3) is 4.01. The van der Waals surface area contributed by atoms with E-state index in [-0.39, 0.29) is 6.67 Å². The Hall–Kier alpha value is -2.05. The number of nitrogens with zero attached hydrogens (tertiary/aromatic N) is 3. The molecule has 3 aromatic rings. The predicted molar refractivity (Wildman–Crippen MR) is 117 cm³/mol. The van der Waals surface area contributed by atoms with Crippen LogP contribution in [0.15, 0.2) is 30.6 Å². The standard InChI is InChI=1S/C23H27FN4S/c24-13-16-5-7-17(8-6-16)14-28-11-9-18(10-12-28)27-22-21-19-3-1-2-4-20(19)29-23(21)26-15-25-22/h5-8,15,18H,1-4,9-14H2,(H,25,26,27). The van der Waals surface area contributed by atoms with Gasteiger partial charge in [-0.25, -0.2) is 14.4 Å². The summed E-state index contributed by atoms with van der Waals surface area (Å²) in [7, 11) is 0. The highest BCUT2D eigenvalue weighted by molar-refractivity contribution is 7.19. The summed E-state index contributed by atoms with van der Waals surface area (Å²) in [4.78, 5) is 14.3. The molecule has 1 aromatic carbocycles. The van der Waals surface area contributed by atoms with Crippen molar-refractivity contribution in [2.45, 2.75) is 57.8 Å². The first kappa shape index (κ1) is 18.9. The minimum Gasteiger partial charge on any atom is -0.367 e. The lowest BCUT2D eigenvalue weighted by molar-refractivity contribution is 0.211. The van der Waals surface area contributed by atoms with Gasteiger partial charge in [0.05, 0.1) is 5.39 Å². The number of alkyl halides is 1. The minimum absolute atomic E-state index is 0.388. The Labute approximate surface area is 175 Å². The number of likely N-dealkylation sites (tertiary alicyclic amines) is 1. The molecule has 5 rings (SSSR count). The third-order valence-electron chi connectivity index (χ3n) is 6.26. The fourth-order valence-electron chi connectivity index (χ4n) is 4.62. The molecular formula is C23H27FN4S. The van der Waals surface area contributed by atoms with Gasteiger partial charge in [0.15, 0.2) is 0 Å². The molecule has 4 nitrogen and oxygen atoms in total. The smallest absolute Gasteiger partial charge is 0.138 e. The Morgan fingerprint density at radius 1 is 1.03 bits per heavy atom. The number of rotatable bonds is 5. The first-order chi connectivity index (χ1) is 14.3. The van der Waals surface area contributed by atoms with Crippen molar-refractivity contribution in [1.82, 2.24) is 14.9 Å². The summed E-state index contributed by atoms with van der Waals surface area (Å²) in [6, 6.07) is 8.35. The number of aryl methyl sites for hydroxylation is 2. The second-order valence-electron chi connectivity index (χ2n) is 8.26. The lowest BCUT2D eigenvalue weighted by Crippen LogP contribution is -2.38. The van der Waals surface area contributed by atoms with Crippen LogP contribution in [-0.2, 0) is 26.1 Å². The van der Waals surface area contributed by atoms with Crippen molar-refractivity contribution in [3.63, 3.8) is 0 Å². The van der Waals surface area contributed by atoms with Gasteiger partial charge < -0.3 is 5.32 Å². The van der Waals surface area contributed by atoms with Crippen molar-refractivity contribution < 1.29 is 4.39 Å². The molecule has 2 aliphatic rings. The second-order valence-corrected chi connectivity index (χ2v) is 9.34. The van der Waals surface area contributed by atoms with Gasteiger partial charge in [-0.05, 0) is 55.2 Å². The second kappa shape index (κ2) is 8.36. The van der Waals surface area contributed by atoms with Crippen LogP contribution in [-0.4, -0.2) is 34.0 Å². The SMILES string of the molecule is FCc1ccc(CN2CCC(Nc3ncnc4sc5c(c34)CCCC5)CC2)cc1. The Balaban J connectivity index is 1.23. The first-order valence-corrected chi connectivity index (χ1v) is 11.5. The number of aromatic nitrogens is 2. The van der Waals surface area contributed by atoms with Crippen LogP contribution < -0.4 is 5.32 Å². The fourth-order valence-corrected chi connectivity index (χ4v) is 5.85. The molecule has 2 aromatic heterocycles. The summed E-state index contributed by atoms with van der Waals surface area (Å²) in [5, 5.41) is 5.03. The summed E-state index contributed by atoms with van der Waals surface area (Å²) in [6.45, 7) is 2.69. The van der Waals surface area contributed by atoms with Crippen LogP contribution in [0.2, 0.25) is 0 Å². The van der Waals surface area contributed by atoms with Crippen LogP contribution in [0.3, 0.4) is 0 Å². The highest BCUT2D eigenvalue weighted by atomic mass is 32.1. The Bertz CT molecular complexity index is 976. The van der Waals surface area contributed by atoms with Gasteiger partial charge in [0.25, 0.3) is 0 Å². The van der Waals surface area contributed by atoms with E-state index in [9.17, 15) is 4.39 Å². The highest BCUT2D eigenvalue weighted by Gasteiger charge is 2.23. The molecule has 0 radical (unpaired) electrons. The van der Waals surface area contributed by atoms with Crippen molar-refractivity contribution in [2.75, 3.05) is 18.4 Å². The largest absolute Gasteiger partial charge is 0.367 e. The molecule has 0 saturated carbocycles. The van der Waals surface area contributed by atoms with E-state index in [2.05, 4.69) is 32.3 Å². The Kier molecular flexibility index (Phi) is 5.46. The molecule has 1 saturated heterocycles. The zero-order valence-electron chi connectivity index (χ0n) is 16.7. The number of hydrogen-bond donors (Lipinski definition) is 1. The number of anilines is 1. The Morgan fingerprint density at radius 2 is 1.79 bits per heavy atom. The van der Waals surface area contributed by atoms with E-state index in [0.717, 1.165) is 55.1 Å². The molecule has 6 heteroatoms. The average molecular weight is 411 g/mol. The van der Waals surface area contributed by atoms with Crippen LogP contribution in [0.1, 0.15) is 47.3 Å². The zero-order chi connectivity index (χ0) is 19.6. The Morgan fingerprint density at radius 3 is 2.59 bits per heavy atom. The predicted octanol–water partition coefficient (Wildman–Crippen LogP) is 5.12. The molecule has 29 heavy (non-hydrogen) atoms. The number of halogens is 1. The van der Waals surface area contributed by atoms with Crippen molar-refractivity contribution in [2.24, 2.45) is 0 Å². The number of fused-ring (bicyclic) bond motifs is 3. The van der Waals surface area contributed by atoms with Crippen molar-refractivity contribution in [3.8, 4) is 0 Å². The third-order valence-corrected chi connectivity index (χ3v) is 7.46. The monoisotopic (exact) mass is 410 g/mol. The van der Waals surface area contributed by atoms with Crippen LogP contribution in [0.25, 0.3) is 10.2 Å². The maximum atomic E-state index is 12.7. The normalized spacial score (nSPS) is 18.1. The molecule has 0 atom stereocenters. The summed E-state index contributed by atoms with van der Waals surface area (Å²) in [5.74, 6) is 1.04. The molecule has 3 heterocycles. The van der Waals surface area contributed by atoms with Crippen LogP contribution in [0.4, 0.5) is 10.2 Å². The van der Waals surface area contributed by atoms with E-state index in [1.54, 1.807) is 6.33 Å². The number of piperidine rings is 1. The molecule has 1 aliphatic heterocycles. The van der Waals surface area contributed by atoms with E-state index >= 15 is 0 Å². The molecule has 0 unspecified atom stereocenters. The van der Waals surface area contributed by atoms with E-state index in [4.69, 9.17) is 0 Å². The quantitative estimate of drug-likeness (QED) is 0.634. The first-order valence-electron chi connectivity index (χ1n) is 10.7. The summed E-state index contributed by atoms with van der Waals surface area (Å²) < 4.78 is 12.7. The van der Waals surface area contributed by atoms with Gasteiger partial charge in [-0.1, -0.05) is 24.3 Å². The minimum atomic E-state index is -0.388. The van der Waals surface area contributed by atoms with E-state index in [1.165, 1.54) is 40.7 Å². The van der Waals surface area contributed by atoms with E-state index in [0.29, 0.717) is 6.04 Å². The number of nitrogens with one attached hydrogen (secondary N) is 1. The topological polar surface area (TPSA) is 41.0 Å². The molecule has 0 bridgehead atoms. The molecule has 0 amide bonds. The van der Waals surface area contributed by atoms with Gasteiger partial charge in [0, 0.05) is 30.6 Å². The number of hydrogen-bond acceptors (Lipinski definition) is 5. The molecule has 0 spiro atoms. The molecule has 152 valence electrons. The lowest BCUT2D eigenvalue weighted by Gasteiger charge is -2.32. The van der Waals surface area contributed by atoms with Crippen molar-refractivity contribution >= 4 is 27.4 Å².